The van der Waals surface area contributed by atoms with Crippen molar-refractivity contribution >= 4 is 21.9 Å². The number of aromatic hydroxyl groups is 2. The van der Waals surface area contributed by atoms with Crippen LogP contribution in [0.15, 0.2) is 40.9 Å². The van der Waals surface area contributed by atoms with Crippen LogP contribution >= 0.6 is 15.9 Å². The lowest BCUT2D eigenvalue weighted by atomic mass is 10.0. The van der Waals surface area contributed by atoms with Crippen molar-refractivity contribution in [3.63, 3.8) is 0 Å². The van der Waals surface area contributed by atoms with Gasteiger partial charge < -0.3 is 14.9 Å². The third-order valence-electron chi connectivity index (χ3n) is 3.20. The van der Waals surface area contributed by atoms with Crippen molar-refractivity contribution in [2.24, 2.45) is 0 Å². The normalized spacial score (nSPS) is 10.4. The number of hydrogen-bond acceptors (Lipinski definition) is 4. The van der Waals surface area contributed by atoms with E-state index in [9.17, 15) is 15.0 Å². The van der Waals surface area contributed by atoms with Crippen molar-refractivity contribution in [3.05, 3.63) is 57.6 Å². The molecule has 0 fully saturated rings. The van der Waals surface area contributed by atoms with Gasteiger partial charge in [0.05, 0.1) is 12.7 Å². The number of aryl methyl sites for hydroxylation is 2. The minimum absolute atomic E-state index is 0.128. The molecule has 21 heavy (non-hydrogen) atoms. The average Bonchev–Trinajstić information content (AvgIpc) is 2.48. The molecule has 0 aromatic heterocycles. The van der Waals surface area contributed by atoms with Crippen LogP contribution < -0.4 is 0 Å². The topological polar surface area (TPSA) is 66.8 Å². The van der Waals surface area contributed by atoms with Crippen molar-refractivity contribution in [3.8, 4) is 11.5 Å². The summed E-state index contributed by atoms with van der Waals surface area (Å²) in [6.45, 7) is 0. The van der Waals surface area contributed by atoms with Crippen LogP contribution in [0.3, 0.4) is 0 Å². The Morgan fingerprint density at radius 2 is 1.81 bits per heavy atom. The Morgan fingerprint density at radius 3 is 2.48 bits per heavy atom. The van der Waals surface area contributed by atoms with Gasteiger partial charge in [-0.2, -0.15) is 0 Å². The Labute approximate surface area is 131 Å². The van der Waals surface area contributed by atoms with Crippen LogP contribution in [0.5, 0.6) is 11.5 Å². The molecule has 2 N–H and O–H groups in total. The highest BCUT2D eigenvalue weighted by Gasteiger charge is 2.09. The van der Waals surface area contributed by atoms with E-state index in [4.69, 9.17) is 0 Å². The third-order valence-corrected chi connectivity index (χ3v) is 3.94. The summed E-state index contributed by atoms with van der Waals surface area (Å²) in [4.78, 5) is 11.4. The molecule has 0 saturated heterocycles. The summed E-state index contributed by atoms with van der Waals surface area (Å²) < 4.78 is 5.48. The number of ether oxygens (including phenoxy) is 1. The lowest BCUT2D eigenvalue weighted by Gasteiger charge is -2.08. The zero-order valence-corrected chi connectivity index (χ0v) is 13.1. The predicted molar refractivity (Wildman–Crippen MR) is 82.7 cm³/mol. The molecule has 110 valence electrons. The van der Waals surface area contributed by atoms with E-state index in [1.54, 1.807) is 18.2 Å². The molecule has 2 rings (SSSR count). The number of carbonyl (C=O) groups excluding carboxylic acids is 1. The van der Waals surface area contributed by atoms with Crippen LogP contribution in [-0.4, -0.2) is 23.3 Å². The van der Waals surface area contributed by atoms with Gasteiger partial charge in [0.15, 0.2) is 0 Å². The minimum atomic E-state index is -0.382. The number of methoxy groups -OCH3 is 1. The highest BCUT2D eigenvalue weighted by molar-refractivity contribution is 9.10. The monoisotopic (exact) mass is 350 g/mol. The van der Waals surface area contributed by atoms with Gasteiger partial charge in [-0.1, -0.05) is 22.0 Å². The summed E-state index contributed by atoms with van der Waals surface area (Å²) in [7, 11) is 1.34. The van der Waals surface area contributed by atoms with E-state index < -0.39 is 0 Å². The molecule has 5 heteroatoms. The first-order valence-corrected chi connectivity index (χ1v) is 7.18. The SMILES string of the molecule is COC(=O)c1ccc(CCc2cc(O)ccc2O)c(Br)c1. The van der Waals surface area contributed by atoms with E-state index in [1.807, 2.05) is 6.07 Å². The molecule has 0 aliphatic carbocycles. The largest absolute Gasteiger partial charge is 0.508 e. The van der Waals surface area contributed by atoms with Crippen molar-refractivity contribution in [1.29, 1.82) is 0 Å². The second-order valence-corrected chi connectivity index (χ2v) is 5.47. The van der Waals surface area contributed by atoms with E-state index in [-0.39, 0.29) is 17.5 Å². The fourth-order valence-electron chi connectivity index (χ4n) is 2.04. The summed E-state index contributed by atoms with van der Waals surface area (Å²) in [5.41, 5.74) is 2.16. The summed E-state index contributed by atoms with van der Waals surface area (Å²) in [6, 6.07) is 9.72. The van der Waals surface area contributed by atoms with E-state index >= 15 is 0 Å². The van der Waals surface area contributed by atoms with Gasteiger partial charge in [-0.15, -0.1) is 0 Å². The van der Waals surface area contributed by atoms with Gasteiger partial charge in [-0.3, -0.25) is 0 Å². The molecule has 0 spiro atoms. The molecule has 0 amide bonds. The van der Waals surface area contributed by atoms with Crippen LogP contribution in [-0.2, 0) is 17.6 Å². The number of halogens is 1. The van der Waals surface area contributed by atoms with Crippen molar-refractivity contribution < 1.29 is 19.7 Å². The minimum Gasteiger partial charge on any atom is -0.508 e. The first kappa shape index (κ1) is 15.4. The predicted octanol–water partition coefficient (Wildman–Crippen LogP) is 3.43. The Kier molecular flexibility index (Phi) is 4.85. The number of phenolic OH excluding ortho intramolecular Hbond substituents is 2. The molecule has 2 aromatic rings. The summed E-state index contributed by atoms with van der Waals surface area (Å²) in [5, 5.41) is 19.2. The molecule has 0 saturated carbocycles. The summed E-state index contributed by atoms with van der Waals surface area (Å²) in [5.74, 6) is -0.0918. The number of phenols is 2. The number of rotatable bonds is 4. The molecule has 0 aliphatic rings. The first-order valence-electron chi connectivity index (χ1n) is 6.39. The van der Waals surface area contributed by atoms with Crippen LogP contribution in [0.25, 0.3) is 0 Å². The summed E-state index contributed by atoms with van der Waals surface area (Å²) in [6.07, 6.45) is 1.25. The molecule has 0 unspecified atom stereocenters. The van der Waals surface area contributed by atoms with Crippen LogP contribution in [0.4, 0.5) is 0 Å². The number of esters is 1. The maximum atomic E-state index is 11.4. The Morgan fingerprint density at radius 1 is 1.10 bits per heavy atom. The van der Waals surface area contributed by atoms with Crippen molar-refractivity contribution in [2.75, 3.05) is 7.11 Å². The molecule has 0 heterocycles. The van der Waals surface area contributed by atoms with Gasteiger partial charge in [-0.05, 0) is 54.3 Å². The molecule has 2 aromatic carbocycles. The van der Waals surface area contributed by atoms with E-state index in [1.165, 1.54) is 19.2 Å². The number of carbonyl (C=O) groups is 1. The highest BCUT2D eigenvalue weighted by Crippen LogP contribution is 2.26. The average molecular weight is 351 g/mol. The van der Waals surface area contributed by atoms with Crippen LogP contribution in [0.1, 0.15) is 21.5 Å². The lowest BCUT2D eigenvalue weighted by Crippen LogP contribution is -2.02. The highest BCUT2D eigenvalue weighted by atomic mass is 79.9. The standard InChI is InChI=1S/C16H15BrO4/c1-21-16(20)12-5-3-10(14(17)9-12)2-4-11-8-13(18)6-7-15(11)19/h3,5-9,18-19H,2,4H2,1H3. The molecule has 0 atom stereocenters. The van der Waals surface area contributed by atoms with E-state index in [2.05, 4.69) is 20.7 Å². The number of hydrogen-bond donors (Lipinski definition) is 2. The van der Waals surface area contributed by atoms with E-state index in [0.29, 0.717) is 24.0 Å². The zero-order valence-electron chi connectivity index (χ0n) is 11.5. The smallest absolute Gasteiger partial charge is 0.337 e. The first-order chi connectivity index (χ1) is 10.0. The lowest BCUT2D eigenvalue weighted by molar-refractivity contribution is 0.0600. The fraction of sp³-hybridized carbons (Fsp3) is 0.188. The quantitative estimate of drug-likeness (QED) is 0.654. The molecule has 0 bridgehead atoms. The van der Waals surface area contributed by atoms with E-state index in [0.717, 1.165) is 10.0 Å². The van der Waals surface area contributed by atoms with Gasteiger partial charge in [0.1, 0.15) is 11.5 Å². The molecule has 0 aliphatic heterocycles. The third kappa shape index (κ3) is 3.76. The Bertz CT molecular complexity index is 667. The second-order valence-electron chi connectivity index (χ2n) is 4.61. The molecular formula is C16H15BrO4. The van der Waals surface area contributed by atoms with Crippen molar-refractivity contribution in [2.45, 2.75) is 12.8 Å². The molecular weight excluding hydrogens is 336 g/mol. The van der Waals surface area contributed by atoms with Gasteiger partial charge >= 0.3 is 5.97 Å². The van der Waals surface area contributed by atoms with Gasteiger partial charge in [0.25, 0.3) is 0 Å². The maximum absolute atomic E-state index is 11.4. The fourth-order valence-corrected chi connectivity index (χ4v) is 2.61. The van der Waals surface area contributed by atoms with Crippen LogP contribution in [0.2, 0.25) is 0 Å². The molecule has 0 radical (unpaired) electrons. The zero-order chi connectivity index (χ0) is 15.4. The Hall–Kier alpha value is -2.01. The van der Waals surface area contributed by atoms with Gasteiger partial charge in [0.2, 0.25) is 0 Å². The van der Waals surface area contributed by atoms with Gasteiger partial charge in [-0.25, -0.2) is 4.79 Å². The maximum Gasteiger partial charge on any atom is 0.337 e. The summed E-state index contributed by atoms with van der Waals surface area (Å²) >= 11 is 3.43. The van der Waals surface area contributed by atoms with Gasteiger partial charge in [0, 0.05) is 4.47 Å². The number of benzene rings is 2. The Balaban J connectivity index is 2.13. The van der Waals surface area contributed by atoms with Crippen LogP contribution in [0, 0.1) is 0 Å². The second kappa shape index (κ2) is 6.63. The molecule has 4 nitrogen and oxygen atoms in total. The van der Waals surface area contributed by atoms with Crippen molar-refractivity contribution in [1.82, 2.24) is 0 Å².